The van der Waals surface area contributed by atoms with Crippen LogP contribution in [0.1, 0.15) is 0 Å². The fourth-order valence-corrected chi connectivity index (χ4v) is 2.86. The van der Waals surface area contributed by atoms with E-state index in [1.54, 1.807) is 13.4 Å². The van der Waals surface area contributed by atoms with E-state index in [2.05, 4.69) is 37.7 Å². The van der Waals surface area contributed by atoms with Crippen LogP contribution < -0.4 is 19.9 Å². The molecular weight excluding hydrogens is 302 g/mol. The molecule has 0 bridgehead atoms. The van der Waals surface area contributed by atoms with Crippen LogP contribution in [0.15, 0.2) is 49.3 Å². The number of methoxy groups -OCH3 is 1. The third-order valence-corrected chi connectivity index (χ3v) is 4.11. The molecule has 6 nitrogen and oxygen atoms in total. The highest BCUT2D eigenvalue weighted by molar-refractivity contribution is 5.59. The maximum atomic E-state index is 5.47. The third kappa shape index (κ3) is 3.59. The Morgan fingerprint density at radius 3 is 2.67 bits per heavy atom. The Morgan fingerprint density at radius 1 is 1.17 bits per heavy atom. The smallest absolute Gasteiger partial charge is 0.142 e. The lowest BCUT2D eigenvalue weighted by Gasteiger charge is -2.37. The van der Waals surface area contributed by atoms with Gasteiger partial charge in [-0.25, -0.2) is 9.97 Å². The van der Waals surface area contributed by atoms with E-state index in [-0.39, 0.29) is 0 Å². The van der Waals surface area contributed by atoms with Crippen LogP contribution in [0.4, 0.5) is 17.3 Å². The summed E-state index contributed by atoms with van der Waals surface area (Å²) >= 11 is 0. The Bertz CT molecular complexity index is 683. The lowest BCUT2D eigenvalue weighted by Crippen LogP contribution is -2.47. The highest BCUT2D eigenvalue weighted by Crippen LogP contribution is 2.29. The SMILES string of the molecule is C=CCNc1cc(N2CCN(c3ccccc3OC)CC2)ncn1. The molecule has 0 aliphatic carbocycles. The minimum atomic E-state index is 0.692. The van der Waals surface area contributed by atoms with E-state index in [0.29, 0.717) is 6.54 Å². The number of nitrogens with zero attached hydrogens (tertiary/aromatic N) is 4. The molecule has 1 fully saturated rings. The molecule has 1 N–H and O–H groups in total. The topological polar surface area (TPSA) is 53.5 Å². The van der Waals surface area contributed by atoms with Gasteiger partial charge in [-0.05, 0) is 12.1 Å². The van der Waals surface area contributed by atoms with Crippen molar-refractivity contribution in [2.45, 2.75) is 0 Å². The summed E-state index contributed by atoms with van der Waals surface area (Å²) in [6.07, 6.45) is 3.42. The number of nitrogens with one attached hydrogen (secondary N) is 1. The van der Waals surface area contributed by atoms with Gasteiger partial charge >= 0.3 is 0 Å². The molecule has 1 aliphatic heterocycles. The number of hydrogen-bond donors (Lipinski definition) is 1. The standard InChI is InChI=1S/C18H23N5O/c1-3-8-19-17-13-18(21-14-20-17)23-11-9-22(10-12-23)15-6-4-5-7-16(15)24-2/h3-7,13-14H,1,8-12H2,2H3,(H,19,20,21). The Morgan fingerprint density at radius 2 is 1.92 bits per heavy atom. The molecule has 0 unspecified atom stereocenters. The van der Waals surface area contributed by atoms with Crippen molar-refractivity contribution in [2.75, 3.05) is 55.0 Å². The van der Waals surface area contributed by atoms with E-state index in [1.807, 2.05) is 30.3 Å². The fraction of sp³-hybridized carbons (Fsp3) is 0.333. The molecule has 6 heteroatoms. The summed E-state index contributed by atoms with van der Waals surface area (Å²) in [5, 5.41) is 3.20. The summed E-state index contributed by atoms with van der Waals surface area (Å²) in [5.74, 6) is 2.70. The van der Waals surface area contributed by atoms with Crippen LogP contribution in [0.2, 0.25) is 0 Å². The summed E-state index contributed by atoms with van der Waals surface area (Å²) in [7, 11) is 1.72. The second kappa shape index (κ2) is 7.68. The lowest BCUT2D eigenvalue weighted by molar-refractivity contribution is 0.413. The van der Waals surface area contributed by atoms with Crippen molar-refractivity contribution >= 4 is 17.3 Å². The monoisotopic (exact) mass is 325 g/mol. The molecule has 1 aromatic carbocycles. The molecule has 126 valence electrons. The first kappa shape index (κ1) is 16.1. The molecule has 0 spiro atoms. The van der Waals surface area contributed by atoms with Gasteiger partial charge in [-0.15, -0.1) is 6.58 Å². The number of benzene rings is 1. The Hall–Kier alpha value is -2.76. The van der Waals surface area contributed by atoms with Crippen LogP contribution in [0.3, 0.4) is 0 Å². The Balaban J connectivity index is 1.65. The summed E-state index contributed by atoms with van der Waals surface area (Å²) in [6.45, 7) is 8.09. The van der Waals surface area contributed by atoms with Crippen LogP contribution in [0, 0.1) is 0 Å². The molecule has 0 amide bonds. The van der Waals surface area contributed by atoms with Crippen LogP contribution in [-0.2, 0) is 0 Å². The van der Waals surface area contributed by atoms with E-state index in [4.69, 9.17) is 4.74 Å². The lowest BCUT2D eigenvalue weighted by atomic mass is 10.2. The quantitative estimate of drug-likeness (QED) is 0.823. The zero-order valence-corrected chi connectivity index (χ0v) is 14.0. The van der Waals surface area contributed by atoms with Gasteiger partial charge in [-0.3, -0.25) is 0 Å². The molecule has 1 aliphatic rings. The van der Waals surface area contributed by atoms with Gasteiger partial charge in [0.25, 0.3) is 0 Å². The van der Waals surface area contributed by atoms with Crippen molar-refractivity contribution in [1.29, 1.82) is 0 Å². The molecule has 0 atom stereocenters. The molecule has 3 rings (SSSR count). The molecule has 2 aromatic rings. The zero-order valence-electron chi connectivity index (χ0n) is 14.0. The van der Waals surface area contributed by atoms with E-state index < -0.39 is 0 Å². The van der Waals surface area contributed by atoms with E-state index in [9.17, 15) is 0 Å². The number of para-hydroxylation sites is 2. The predicted octanol–water partition coefficient (Wildman–Crippen LogP) is 2.41. The van der Waals surface area contributed by atoms with Gasteiger partial charge in [0, 0.05) is 38.8 Å². The maximum absolute atomic E-state index is 5.47. The van der Waals surface area contributed by atoms with Crippen molar-refractivity contribution < 1.29 is 4.74 Å². The Labute approximate surface area is 142 Å². The second-order valence-electron chi connectivity index (χ2n) is 5.58. The number of piperazine rings is 1. The summed E-state index contributed by atoms with van der Waals surface area (Å²) in [6, 6.07) is 10.1. The van der Waals surface area contributed by atoms with Gasteiger partial charge in [-0.2, -0.15) is 0 Å². The minimum Gasteiger partial charge on any atom is -0.495 e. The van der Waals surface area contributed by atoms with Gasteiger partial charge in [0.1, 0.15) is 23.7 Å². The first-order valence-electron chi connectivity index (χ1n) is 8.11. The van der Waals surface area contributed by atoms with Crippen molar-refractivity contribution in [3.8, 4) is 5.75 Å². The number of aromatic nitrogens is 2. The molecule has 1 aromatic heterocycles. The fourth-order valence-electron chi connectivity index (χ4n) is 2.86. The normalized spacial score (nSPS) is 14.4. The van der Waals surface area contributed by atoms with Crippen molar-refractivity contribution in [2.24, 2.45) is 0 Å². The van der Waals surface area contributed by atoms with Gasteiger partial charge in [0.2, 0.25) is 0 Å². The van der Waals surface area contributed by atoms with Crippen molar-refractivity contribution in [3.63, 3.8) is 0 Å². The highest BCUT2D eigenvalue weighted by Gasteiger charge is 2.20. The molecule has 24 heavy (non-hydrogen) atoms. The molecule has 2 heterocycles. The largest absolute Gasteiger partial charge is 0.495 e. The molecule has 0 saturated carbocycles. The average Bonchev–Trinajstić information content (AvgIpc) is 2.66. The first-order chi connectivity index (χ1) is 11.8. The van der Waals surface area contributed by atoms with Crippen molar-refractivity contribution in [1.82, 2.24) is 9.97 Å². The van der Waals surface area contributed by atoms with Gasteiger partial charge in [0.05, 0.1) is 12.8 Å². The van der Waals surface area contributed by atoms with E-state index in [1.165, 1.54) is 0 Å². The zero-order chi connectivity index (χ0) is 16.8. The number of ether oxygens (including phenoxy) is 1. The first-order valence-corrected chi connectivity index (χ1v) is 8.11. The summed E-state index contributed by atoms with van der Waals surface area (Å²) in [4.78, 5) is 13.3. The molecule has 1 saturated heterocycles. The second-order valence-corrected chi connectivity index (χ2v) is 5.58. The minimum absolute atomic E-state index is 0.692. The average molecular weight is 325 g/mol. The van der Waals surface area contributed by atoms with E-state index in [0.717, 1.165) is 49.3 Å². The van der Waals surface area contributed by atoms with Crippen LogP contribution in [-0.4, -0.2) is 49.8 Å². The number of rotatable bonds is 6. The van der Waals surface area contributed by atoms with E-state index >= 15 is 0 Å². The van der Waals surface area contributed by atoms with Gasteiger partial charge in [-0.1, -0.05) is 18.2 Å². The molecular formula is C18H23N5O. The summed E-state index contributed by atoms with van der Waals surface area (Å²) < 4.78 is 5.47. The van der Waals surface area contributed by atoms with Crippen LogP contribution >= 0.6 is 0 Å². The van der Waals surface area contributed by atoms with Gasteiger partial charge < -0.3 is 19.9 Å². The number of anilines is 3. The van der Waals surface area contributed by atoms with Gasteiger partial charge in [0.15, 0.2) is 0 Å². The Kier molecular flexibility index (Phi) is 5.15. The maximum Gasteiger partial charge on any atom is 0.142 e. The third-order valence-electron chi connectivity index (χ3n) is 4.11. The van der Waals surface area contributed by atoms with Crippen LogP contribution in [0.5, 0.6) is 5.75 Å². The van der Waals surface area contributed by atoms with Crippen molar-refractivity contribution in [3.05, 3.63) is 49.3 Å². The predicted molar refractivity (Wildman–Crippen MR) is 98.1 cm³/mol. The van der Waals surface area contributed by atoms with Crippen LogP contribution in [0.25, 0.3) is 0 Å². The highest BCUT2D eigenvalue weighted by atomic mass is 16.5. The number of hydrogen-bond acceptors (Lipinski definition) is 6. The summed E-state index contributed by atoms with van der Waals surface area (Å²) in [5.41, 5.74) is 1.15. The molecule has 0 radical (unpaired) electrons.